The Labute approximate surface area is 193 Å². The summed E-state index contributed by atoms with van der Waals surface area (Å²) in [6.45, 7) is 5.49. The van der Waals surface area contributed by atoms with Gasteiger partial charge >= 0.3 is 0 Å². The molecule has 2 aromatic heterocycles. The highest BCUT2D eigenvalue weighted by Gasteiger charge is 2.21. The second kappa shape index (κ2) is 8.25. The largest absolute Gasteiger partial charge is 0.361 e. The second-order valence-electron chi connectivity index (χ2n) is 9.21. The number of pyridine rings is 1. The molecule has 1 fully saturated rings. The van der Waals surface area contributed by atoms with Gasteiger partial charge in [-0.1, -0.05) is 30.3 Å². The fraction of sp³-hybridized carbons (Fsp3) is 0.250. The van der Waals surface area contributed by atoms with Crippen molar-refractivity contribution in [2.75, 3.05) is 33.2 Å². The van der Waals surface area contributed by atoms with Gasteiger partial charge in [-0.05, 0) is 48.0 Å². The topological polar surface area (TPSA) is 35.2 Å². The van der Waals surface area contributed by atoms with Crippen molar-refractivity contribution in [2.24, 2.45) is 0 Å². The van der Waals surface area contributed by atoms with E-state index in [-0.39, 0.29) is 5.82 Å². The van der Waals surface area contributed by atoms with Crippen LogP contribution in [0, 0.1) is 5.82 Å². The lowest BCUT2D eigenvalue weighted by atomic mass is 9.96. The SMILES string of the molecule is CN1CCN(Cc2ccc(-c3cnc4c(c3)C(c3cc5cc[nH]c5cc3F)=CC4)cc2)CC1. The molecule has 0 saturated carbocycles. The summed E-state index contributed by atoms with van der Waals surface area (Å²) in [7, 11) is 2.18. The summed E-state index contributed by atoms with van der Waals surface area (Å²) in [5.74, 6) is -0.206. The van der Waals surface area contributed by atoms with E-state index in [2.05, 4.69) is 58.2 Å². The van der Waals surface area contributed by atoms with E-state index in [4.69, 9.17) is 4.98 Å². The highest BCUT2D eigenvalue weighted by Crippen LogP contribution is 2.36. The first-order chi connectivity index (χ1) is 16.1. The van der Waals surface area contributed by atoms with Crippen LogP contribution >= 0.6 is 0 Å². The van der Waals surface area contributed by atoms with E-state index in [9.17, 15) is 4.39 Å². The van der Waals surface area contributed by atoms with Crippen LogP contribution in [0.2, 0.25) is 0 Å². The molecule has 4 nitrogen and oxygen atoms in total. The van der Waals surface area contributed by atoms with Crippen molar-refractivity contribution in [3.8, 4) is 11.1 Å². The van der Waals surface area contributed by atoms with Gasteiger partial charge in [-0.15, -0.1) is 0 Å². The molecule has 33 heavy (non-hydrogen) atoms. The first-order valence-electron chi connectivity index (χ1n) is 11.6. The van der Waals surface area contributed by atoms with Crippen LogP contribution in [0.1, 0.15) is 22.4 Å². The zero-order valence-corrected chi connectivity index (χ0v) is 18.8. The van der Waals surface area contributed by atoms with Crippen LogP contribution in [-0.2, 0) is 13.0 Å². The van der Waals surface area contributed by atoms with E-state index in [0.29, 0.717) is 5.56 Å². The Morgan fingerprint density at radius 2 is 1.76 bits per heavy atom. The molecule has 166 valence electrons. The Morgan fingerprint density at radius 3 is 2.58 bits per heavy atom. The lowest BCUT2D eigenvalue weighted by molar-refractivity contribution is 0.148. The lowest BCUT2D eigenvalue weighted by Crippen LogP contribution is -2.43. The first-order valence-corrected chi connectivity index (χ1v) is 11.6. The van der Waals surface area contributed by atoms with Crippen LogP contribution in [0.15, 0.2) is 67.0 Å². The molecule has 2 aromatic carbocycles. The molecule has 0 atom stereocenters. The van der Waals surface area contributed by atoms with Crippen molar-refractivity contribution in [2.45, 2.75) is 13.0 Å². The van der Waals surface area contributed by atoms with Crippen molar-refractivity contribution in [1.29, 1.82) is 0 Å². The van der Waals surface area contributed by atoms with Crippen LogP contribution in [0.3, 0.4) is 0 Å². The number of benzene rings is 2. The van der Waals surface area contributed by atoms with Gasteiger partial charge in [0.05, 0.1) is 5.69 Å². The Kier molecular flexibility index (Phi) is 5.08. The number of nitrogens with zero attached hydrogens (tertiary/aromatic N) is 3. The minimum absolute atomic E-state index is 0.206. The number of hydrogen-bond acceptors (Lipinski definition) is 3. The summed E-state index contributed by atoms with van der Waals surface area (Å²) in [5.41, 5.74) is 7.97. The maximum atomic E-state index is 14.9. The molecule has 0 bridgehead atoms. The standard InChI is InChI=1S/C28H27FN4/c1-32-10-12-33(13-11-32)18-19-2-4-20(5-3-19)22-15-25-23(6-7-27(25)31-17-22)24-14-21-8-9-30-28(21)16-26(24)29/h2-6,8-9,14-17,30H,7,10-13,18H2,1H3. The molecule has 0 amide bonds. The van der Waals surface area contributed by atoms with Crippen molar-refractivity contribution < 1.29 is 4.39 Å². The van der Waals surface area contributed by atoms with Gasteiger partial charge in [-0.2, -0.15) is 0 Å². The predicted octanol–water partition coefficient (Wildman–Crippen LogP) is 5.10. The van der Waals surface area contributed by atoms with Gasteiger partial charge in [-0.25, -0.2) is 4.39 Å². The summed E-state index contributed by atoms with van der Waals surface area (Å²) in [6, 6.07) is 16.5. The van der Waals surface area contributed by atoms with Crippen LogP contribution < -0.4 is 0 Å². The van der Waals surface area contributed by atoms with Gasteiger partial charge in [0, 0.05) is 79.1 Å². The fourth-order valence-electron chi connectivity index (χ4n) is 4.96. The van der Waals surface area contributed by atoms with E-state index in [1.165, 1.54) is 5.56 Å². The van der Waals surface area contributed by atoms with Crippen molar-refractivity contribution in [1.82, 2.24) is 19.8 Å². The highest BCUT2D eigenvalue weighted by molar-refractivity contribution is 5.91. The third-order valence-electron chi connectivity index (χ3n) is 6.98. The number of likely N-dealkylation sites (N-methyl/N-ethyl adjacent to an activating group) is 1. The number of piperazine rings is 1. The maximum Gasteiger partial charge on any atom is 0.133 e. The molecule has 1 aliphatic carbocycles. The van der Waals surface area contributed by atoms with Gasteiger partial charge in [0.25, 0.3) is 0 Å². The Balaban J connectivity index is 1.26. The van der Waals surface area contributed by atoms with Crippen LogP contribution in [0.25, 0.3) is 27.6 Å². The van der Waals surface area contributed by atoms with Crippen molar-refractivity contribution in [3.05, 3.63) is 95.2 Å². The molecule has 0 spiro atoms. The van der Waals surface area contributed by atoms with Gasteiger partial charge in [-0.3, -0.25) is 9.88 Å². The molecule has 1 N–H and O–H groups in total. The molecule has 5 heteroatoms. The molecule has 6 rings (SSSR count). The third-order valence-corrected chi connectivity index (χ3v) is 6.98. The number of halogens is 1. The number of H-pyrrole nitrogens is 1. The van der Waals surface area contributed by atoms with E-state index >= 15 is 0 Å². The molecule has 0 unspecified atom stereocenters. The van der Waals surface area contributed by atoms with Gasteiger partial charge in [0.2, 0.25) is 0 Å². The van der Waals surface area contributed by atoms with Crippen LogP contribution in [0.4, 0.5) is 4.39 Å². The van der Waals surface area contributed by atoms with E-state index < -0.39 is 0 Å². The molecule has 1 aliphatic heterocycles. The van der Waals surface area contributed by atoms with Crippen LogP contribution in [-0.4, -0.2) is 53.0 Å². The fourth-order valence-corrected chi connectivity index (χ4v) is 4.96. The number of fused-ring (bicyclic) bond motifs is 2. The number of aromatic amines is 1. The predicted molar refractivity (Wildman–Crippen MR) is 131 cm³/mol. The number of allylic oxidation sites excluding steroid dienone is 1. The molecular formula is C28H27FN4. The summed E-state index contributed by atoms with van der Waals surface area (Å²) >= 11 is 0. The Hall–Kier alpha value is -3.28. The van der Waals surface area contributed by atoms with E-state index in [1.54, 1.807) is 6.07 Å². The Bertz CT molecular complexity index is 1340. The van der Waals surface area contributed by atoms with Gasteiger partial charge in [0.15, 0.2) is 0 Å². The number of rotatable bonds is 4. The average molecular weight is 439 g/mol. The molecule has 2 aliphatic rings. The lowest BCUT2D eigenvalue weighted by Gasteiger charge is -2.32. The summed E-state index contributed by atoms with van der Waals surface area (Å²) < 4.78 is 14.9. The Morgan fingerprint density at radius 1 is 0.939 bits per heavy atom. The van der Waals surface area contributed by atoms with E-state index in [0.717, 1.165) is 78.0 Å². The van der Waals surface area contributed by atoms with Gasteiger partial charge in [0.1, 0.15) is 5.82 Å². The molecule has 3 heterocycles. The number of hydrogen-bond donors (Lipinski definition) is 1. The zero-order valence-electron chi connectivity index (χ0n) is 18.8. The number of aromatic nitrogens is 2. The average Bonchev–Trinajstić information content (AvgIpc) is 3.46. The second-order valence-corrected chi connectivity index (χ2v) is 9.21. The molecule has 4 aromatic rings. The zero-order chi connectivity index (χ0) is 22.4. The van der Waals surface area contributed by atoms with Gasteiger partial charge < -0.3 is 9.88 Å². The highest BCUT2D eigenvalue weighted by atomic mass is 19.1. The smallest absolute Gasteiger partial charge is 0.133 e. The molecule has 1 saturated heterocycles. The minimum atomic E-state index is -0.206. The number of nitrogens with one attached hydrogen (secondary N) is 1. The normalized spacial score (nSPS) is 16.8. The van der Waals surface area contributed by atoms with Crippen LogP contribution in [0.5, 0.6) is 0 Å². The van der Waals surface area contributed by atoms with Crippen molar-refractivity contribution in [3.63, 3.8) is 0 Å². The van der Waals surface area contributed by atoms with E-state index in [1.807, 2.05) is 24.5 Å². The third kappa shape index (κ3) is 3.88. The first kappa shape index (κ1) is 20.3. The summed E-state index contributed by atoms with van der Waals surface area (Å²) in [5, 5.41) is 1.01. The monoisotopic (exact) mass is 438 g/mol. The maximum absolute atomic E-state index is 14.9. The van der Waals surface area contributed by atoms with Crippen molar-refractivity contribution >= 4 is 16.5 Å². The summed E-state index contributed by atoms with van der Waals surface area (Å²) in [4.78, 5) is 12.7. The molecular weight excluding hydrogens is 411 g/mol. The minimum Gasteiger partial charge on any atom is -0.361 e. The quantitative estimate of drug-likeness (QED) is 0.481. The molecule has 0 radical (unpaired) electrons. The summed E-state index contributed by atoms with van der Waals surface area (Å²) in [6.07, 6.45) is 6.62.